The number of amides is 3. The molecule has 6 atom stereocenters. The highest BCUT2D eigenvalue weighted by Gasteiger charge is 2.65. The molecule has 3 fully saturated rings. The van der Waals surface area contributed by atoms with E-state index in [2.05, 4.69) is 35.1 Å². The van der Waals surface area contributed by atoms with Crippen molar-refractivity contribution in [1.29, 1.82) is 0 Å². The lowest BCUT2D eigenvalue weighted by atomic mass is 9.93. The molecule has 2 aliphatic heterocycles. The van der Waals surface area contributed by atoms with Crippen molar-refractivity contribution in [3.8, 4) is 0 Å². The first-order valence-electron chi connectivity index (χ1n) is 11.1. The molecule has 8 heteroatoms. The number of benzene rings is 1. The van der Waals surface area contributed by atoms with Crippen molar-refractivity contribution in [3.63, 3.8) is 0 Å². The molecular weight excluding hydrogens is 396 g/mol. The molecular formula is C23H32N4O4. The average molecular weight is 429 g/mol. The zero-order chi connectivity index (χ0) is 22.2. The van der Waals surface area contributed by atoms with Crippen molar-refractivity contribution in [2.75, 3.05) is 13.1 Å². The summed E-state index contributed by atoms with van der Waals surface area (Å²) in [6.07, 6.45) is -0.588. The number of aliphatic hydroxyl groups excluding tert-OH is 1. The average Bonchev–Trinajstić information content (AvgIpc) is 3.15. The van der Waals surface area contributed by atoms with Crippen molar-refractivity contribution in [2.45, 2.75) is 51.4 Å². The van der Waals surface area contributed by atoms with Crippen molar-refractivity contribution < 1.29 is 19.5 Å². The number of aliphatic hydroxyl groups is 1. The number of carbonyl (C=O) groups is 3. The van der Waals surface area contributed by atoms with Gasteiger partial charge in [0.2, 0.25) is 11.8 Å². The van der Waals surface area contributed by atoms with Crippen LogP contribution >= 0.6 is 0 Å². The van der Waals surface area contributed by atoms with Gasteiger partial charge in [-0.25, -0.2) is 0 Å². The fraction of sp³-hybridized carbons (Fsp3) is 0.609. The molecule has 2 heterocycles. The Bertz CT molecular complexity index is 843. The van der Waals surface area contributed by atoms with E-state index < -0.39 is 18.1 Å². The lowest BCUT2D eigenvalue weighted by Crippen LogP contribution is -2.55. The number of fused-ring (bicyclic) bond motifs is 1. The standard InChI is InChI=1S/C23H32N4O4/c1-23(2)15-12-25-18(17(15)23)21(30)27-16(10-14-8-9-24-20(14)29)19(28)22(31)26-11-13-6-4-3-5-7-13/h3-7,14-19,25,28H,8-12H2,1-2H3,(H,24,29)(H,26,31)(H,27,30)/t14-,15-,16?,17-,18-,19?/m0/s1. The van der Waals surface area contributed by atoms with E-state index in [0.29, 0.717) is 18.9 Å². The highest BCUT2D eigenvalue weighted by Crippen LogP contribution is 2.62. The predicted molar refractivity (Wildman–Crippen MR) is 115 cm³/mol. The largest absolute Gasteiger partial charge is 0.381 e. The minimum absolute atomic E-state index is 0.0986. The molecule has 0 bridgehead atoms. The fourth-order valence-corrected chi connectivity index (χ4v) is 5.26. The zero-order valence-electron chi connectivity index (χ0n) is 18.1. The molecule has 8 nitrogen and oxygen atoms in total. The third-order valence-corrected chi connectivity index (χ3v) is 7.33. The molecule has 2 unspecified atom stereocenters. The monoisotopic (exact) mass is 428 g/mol. The summed E-state index contributed by atoms with van der Waals surface area (Å²) in [6, 6.07) is 8.24. The maximum atomic E-state index is 13.0. The van der Waals surface area contributed by atoms with Crippen molar-refractivity contribution in [1.82, 2.24) is 21.3 Å². The molecule has 1 aromatic carbocycles. The Balaban J connectivity index is 1.41. The zero-order valence-corrected chi connectivity index (χ0v) is 18.1. The van der Waals surface area contributed by atoms with Crippen LogP contribution in [0.5, 0.6) is 0 Å². The molecule has 1 aromatic rings. The Kier molecular flexibility index (Phi) is 6.03. The number of nitrogens with one attached hydrogen (secondary N) is 4. The number of piperidine rings is 1. The molecule has 5 N–H and O–H groups in total. The van der Waals surface area contributed by atoms with Crippen LogP contribution in [0.1, 0.15) is 32.3 Å². The van der Waals surface area contributed by atoms with Crippen LogP contribution in [0.25, 0.3) is 0 Å². The maximum absolute atomic E-state index is 13.0. The van der Waals surface area contributed by atoms with Gasteiger partial charge in [0.25, 0.3) is 5.91 Å². The van der Waals surface area contributed by atoms with E-state index in [1.54, 1.807) is 0 Å². The molecule has 3 aliphatic rings. The highest BCUT2D eigenvalue weighted by atomic mass is 16.3. The van der Waals surface area contributed by atoms with Crippen molar-refractivity contribution in [2.24, 2.45) is 23.2 Å². The first-order chi connectivity index (χ1) is 14.8. The second-order valence-electron chi connectivity index (χ2n) is 9.62. The van der Waals surface area contributed by atoms with Gasteiger partial charge in [0.15, 0.2) is 6.10 Å². The Morgan fingerprint density at radius 3 is 2.61 bits per heavy atom. The number of carbonyl (C=O) groups excluding carboxylic acids is 3. The molecule has 0 radical (unpaired) electrons. The van der Waals surface area contributed by atoms with Gasteiger partial charge in [-0.3, -0.25) is 14.4 Å². The van der Waals surface area contributed by atoms with Crippen LogP contribution < -0.4 is 21.3 Å². The predicted octanol–water partition coefficient (Wildman–Crippen LogP) is -0.0813. The Labute approximate surface area is 182 Å². The molecule has 0 spiro atoms. The van der Waals surface area contributed by atoms with E-state index in [0.717, 1.165) is 12.1 Å². The molecule has 3 amide bonds. The second-order valence-corrected chi connectivity index (χ2v) is 9.62. The van der Waals surface area contributed by atoms with Crippen LogP contribution in [0.15, 0.2) is 30.3 Å². The molecule has 1 saturated carbocycles. The molecule has 168 valence electrons. The van der Waals surface area contributed by atoms with Crippen LogP contribution in [0.3, 0.4) is 0 Å². The fourth-order valence-electron chi connectivity index (χ4n) is 5.26. The van der Waals surface area contributed by atoms with Gasteiger partial charge in [0, 0.05) is 19.0 Å². The smallest absolute Gasteiger partial charge is 0.251 e. The molecule has 31 heavy (non-hydrogen) atoms. The first-order valence-corrected chi connectivity index (χ1v) is 11.1. The molecule has 4 rings (SSSR count). The second kappa shape index (κ2) is 8.59. The summed E-state index contributed by atoms with van der Waals surface area (Å²) in [6.45, 7) is 5.98. The van der Waals surface area contributed by atoms with E-state index in [4.69, 9.17) is 0 Å². The normalized spacial score (nSPS) is 30.1. The number of hydrogen-bond acceptors (Lipinski definition) is 5. The summed E-state index contributed by atoms with van der Waals surface area (Å²) < 4.78 is 0. The minimum Gasteiger partial charge on any atom is -0.381 e. The first kappa shape index (κ1) is 21.8. The minimum atomic E-state index is -1.44. The van der Waals surface area contributed by atoms with E-state index in [1.165, 1.54) is 0 Å². The van der Waals surface area contributed by atoms with Gasteiger partial charge in [0.1, 0.15) is 0 Å². The SMILES string of the molecule is CC1(C)[C@@H]2[C@@H](C(=O)NC(C[C@@H]3CCNC3=O)C(O)C(=O)NCc3ccccc3)NC[C@@H]21. The summed E-state index contributed by atoms with van der Waals surface area (Å²) in [7, 11) is 0. The van der Waals surface area contributed by atoms with Crippen LogP contribution in [-0.4, -0.2) is 54.1 Å². The van der Waals surface area contributed by atoms with Gasteiger partial charge >= 0.3 is 0 Å². The van der Waals surface area contributed by atoms with E-state index in [9.17, 15) is 19.5 Å². The molecule has 2 saturated heterocycles. The Hall–Kier alpha value is -2.45. The van der Waals surface area contributed by atoms with Crippen molar-refractivity contribution in [3.05, 3.63) is 35.9 Å². The number of hydrogen-bond donors (Lipinski definition) is 5. The van der Waals surface area contributed by atoms with Crippen LogP contribution in [0.4, 0.5) is 0 Å². The third-order valence-electron chi connectivity index (χ3n) is 7.33. The number of rotatable bonds is 8. The van der Waals surface area contributed by atoms with E-state index >= 15 is 0 Å². The van der Waals surface area contributed by atoms with Crippen LogP contribution in [-0.2, 0) is 20.9 Å². The van der Waals surface area contributed by atoms with Gasteiger partial charge in [-0.15, -0.1) is 0 Å². The summed E-state index contributed by atoms with van der Waals surface area (Å²) in [5.74, 6) is -0.469. The Morgan fingerprint density at radius 2 is 2.00 bits per heavy atom. The lowest BCUT2D eigenvalue weighted by molar-refractivity contribution is -0.134. The van der Waals surface area contributed by atoms with Gasteiger partial charge in [-0.05, 0) is 42.2 Å². The highest BCUT2D eigenvalue weighted by molar-refractivity contribution is 5.87. The topological polar surface area (TPSA) is 120 Å². The maximum Gasteiger partial charge on any atom is 0.251 e. The summed E-state index contributed by atoms with van der Waals surface area (Å²) in [5.41, 5.74) is 1.04. The molecule has 1 aliphatic carbocycles. The molecule has 0 aromatic heterocycles. The van der Waals surface area contributed by atoms with Gasteiger partial charge in [-0.1, -0.05) is 44.2 Å². The van der Waals surface area contributed by atoms with Crippen molar-refractivity contribution >= 4 is 17.7 Å². The van der Waals surface area contributed by atoms with Crippen LogP contribution in [0, 0.1) is 23.2 Å². The third kappa shape index (κ3) is 4.45. The van der Waals surface area contributed by atoms with Gasteiger partial charge < -0.3 is 26.4 Å². The summed E-state index contributed by atoms with van der Waals surface area (Å²) in [4.78, 5) is 37.8. The quantitative estimate of drug-likeness (QED) is 0.397. The lowest BCUT2D eigenvalue weighted by Gasteiger charge is -2.28. The van der Waals surface area contributed by atoms with E-state index in [-0.39, 0.29) is 48.1 Å². The summed E-state index contributed by atoms with van der Waals surface area (Å²) >= 11 is 0. The summed E-state index contributed by atoms with van der Waals surface area (Å²) in [5, 5.41) is 22.5. The van der Waals surface area contributed by atoms with Gasteiger partial charge in [-0.2, -0.15) is 0 Å². The van der Waals surface area contributed by atoms with Crippen LogP contribution in [0.2, 0.25) is 0 Å². The van der Waals surface area contributed by atoms with Gasteiger partial charge in [0.05, 0.1) is 12.1 Å². The Morgan fingerprint density at radius 1 is 1.26 bits per heavy atom. The van der Waals surface area contributed by atoms with E-state index in [1.807, 2.05) is 30.3 Å².